The molecule has 0 aromatic heterocycles. The maximum absolute atomic E-state index is 6.14. The number of rotatable bonds is 7. The van der Waals surface area contributed by atoms with Crippen LogP contribution in [-0.2, 0) is 4.74 Å². The molecule has 0 amide bonds. The molecule has 2 saturated heterocycles. The maximum Gasteiger partial charge on any atom is 0.0855 e. The summed E-state index contributed by atoms with van der Waals surface area (Å²) in [6.07, 6.45) is 8.19. The Bertz CT molecular complexity index is 227. The van der Waals surface area contributed by atoms with Crippen molar-refractivity contribution in [3.05, 3.63) is 0 Å². The monoisotopic (exact) mass is 254 g/mol. The number of hydrogen-bond acceptors (Lipinski definition) is 3. The minimum Gasteiger partial charge on any atom is -0.374 e. The molecule has 0 aromatic carbocycles. The average Bonchev–Trinajstić information content (AvgIpc) is 2.86. The van der Waals surface area contributed by atoms with Crippen LogP contribution in [0.1, 0.15) is 52.4 Å². The topological polar surface area (TPSA) is 24.5 Å². The van der Waals surface area contributed by atoms with E-state index in [0.717, 1.165) is 25.7 Å². The van der Waals surface area contributed by atoms with Crippen molar-refractivity contribution in [1.29, 1.82) is 0 Å². The van der Waals surface area contributed by atoms with Crippen molar-refractivity contribution in [3.63, 3.8) is 0 Å². The second-order valence-corrected chi connectivity index (χ2v) is 5.87. The van der Waals surface area contributed by atoms with E-state index in [1.807, 2.05) is 0 Å². The summed E-state index contributed by atoms with van der Waals surface area (Å²) in [6.45, 7) is 9.03. The van der Waals surface area contributed by atoms with Gasteiger partial charge >= 0.3 is 0 Å². The fourth-order valence-corrected chi connectivity index (χ4v) is 3.26. The summed E-state index contributed by atoms with van der Waals surface area (Å²) in [6, 6.07) is 1.28. The lowest BCUT2D eigenvalue weighted by Gasteiger charge is -2.39. The van der Waals surface area contributed by atoms with E-state index in [-0.39, 0.29) is 0 Å². The smallest absolute Gasteiger partial charge is 0.0855 e. The molecule has 2 heterocycles. The zero-order chi connectivity index (χ0) is 12.8. The van der Waals surface area contributed by atoms with Gasteiger partial charge in [-0.3, -0.25) is 4.90 Å². The molecule has 2 aliphatic rings. The van der Waals surface area contributed by atoms with Gasteiger partial charge in [0.15, 0.2) is 0 Å². The maximum atomic E-state index is 6.14. The summed E-state index contributed by atoms with van der Waals surface area (Å²) < 4.78 is 6.14. The predicted octanol–water partition coefficient (Wildman–Crippen LogP) is 2.41. The lowest BCUT2D eigenvalue weighted by atomic mass is 10.0. The number of ether oxygens (including phenoxy) is 1. The largest absolute Gasteiger partial charge is 0.374 e. The van der Waals surface area contributed by atoms with Gasteiger partial charge in [-0.1, -0.05) is 26.7 Å². The standard InChI is InChI=1S/C15H30N2O/c1-3-5-8-14(16-9-4-2)15-11-17-10-6-7-13(17)12-18-15/h13-16H,3-12H2,1-2H3. The first-order chi connectivity index (χ1) is 8.85. The van der Waals surface area contributed by atoms with E-state index >= 15 is 0 Å². The van der Waals surface area contributed by atoms with Crippen LogP contribution in [0, 0.1) is 0 Å². The molecule has 0 radical (unpaired) electrons. The summed E-state index contributed by atoms with van der Waals surface area (Å²) in [4.78, 5) is 2.65. The van der Waals surface area contributed by atoms with E-state index in [2.05, 4.69) is 24.1 Å². The molecule has 0 aliphatic carbocycles. The van der Waals surface area contributed by atoms with Crippen molar-refractivity contribution < 1.29 is 4.74 Å². The molecule has 3 nitrogen and oxygen atoms in total. The van der Waals surface area contributed by atoms with Crippen LogP contribution in [0.5, 0.6) is 0 Å². The molecule has 106 valence electrons. The van der Waals surface area contributed by atoms with Gasteiger partial charge in [0.2, 0.25) is 0 Å². The van der Waals surface area contributed by atoms with Crippen LogP contribution in [0.2, 0.25) is 0 Å². The molecule has 0 bridgehead atoms. The molecule has 2 fully saturated rings. The highest BCUT2D eigenvalue weighted by molar-refractivity contribution is 4.90. The van der Waals surface area contributed by atoms with Gasteiger partial charge in [0.1, 0.15) is 0 Å². The van der Waals surface area contributed by atoms with Crippen LogP contribution in [0.15, 0.2) is 0 Å². The fraction of sp³-hybridized carbons (Fsp3) is 1.00. The van der Waals surface area contributed by atoms with Gasteiger partial charge in [-0.05, 0) is 38.8 Å². The highest BCUT2D eigenvalue weighted by Crippen LogP contribution is 2.24. The van der Waals surface area contributed by atoms with Gasteiger partial charge in [0.25, 0.3) is 0 Å². The molecule has 3 atom stereocenters. The third kappa shape index (κ3) is 3.69. The van der Waals surface area contributed by atoms with E-state index in [9.17, 15) is 0 Å². The van der Waals surface area contributed by atoms with Crippen LogP contribution in [0.25, 0.3) is 0 Å². The Labute approximate surface area is 112 Å². The van der Waals surface area contributed by atoms with Crippen LogP contribution in [0.4, 0.5) is 0 Å². The predicted molar refractivity (Wildman–Crippen MR) is 75.9 cm³/mol. The molecule has 0 spiro atoms. The van der Waals surface area contributed by atoms with Crippen molar-refractivity contribution in [2.24, 2.45) is 0 Å². The third-order valence-electron chi connectivity index (χ3n) is 4.39. The highest BCUT2D eigenvalue weighted by atomic mass is 16.5. The van der Waals surface area contributed by atoms with E-state index < -0.39 is 0 Å². The van der Waals surface area contributed by atoms with Crippen LogP contribution in [-0.4, -0.2) is 49.3 Å². The quantitative estimate of drug-likeness (QED) is 0.755. The molecule has 18 heavy (non-hydrogen) atoms. The molecule has 1 N–H and O–H groups in total. The number of nitrogens with one attached hydrogen (secondary N) is 1. The molecule has 2 aliphatic heterocycles. The first kappa shape index (κ1) is 14.3. The van der Waals surface area contributed by atoms with Crippen molar-refractivity contribution in [2.45, 2.75) is 70.6 Å². The lowest BCUT2D eigenvalue weighted by Crippen LogP contribution is -2.54. The zero-order valence-electron chi connectivity index (χ0n) is 12.2. The van der Waals surface area contributed by atoms with Gasteiger partial charge in [0.05, 0.1) is 12.7 Å². The Morgan fingerprint density at radius 3 is 3.00 bits per heavy atom. The number of hydrogen-bond donors (Lipinski definition) is 1. The second kappa shape index (κ2) is 7.46. The minimum atomic E-state index is 0.414. The van der Waals surface area contributed by atoms with Crippen LogP contribution >= 0.6 is 0 Å². The number of morpholine rings is 1. The molecule has 3 heteroatoms. The summed E-state index contributed by atoms with van der Waals surface area (Å²) in [5.74, 6) is 0. The van der Waals surface area contributed by atoms with E-state index in [1.54, 1.807) is 0 Å². The van der Waals surface area contributed by atoms with Gasteiger partial charge in [-0.2, -0.15) is 0 Å². The van der Waals surface area contributed by atoms with Crippen molar-refractivity contribution in [1.82, 2.24) is 10.2 Å². The summed E-state index contributed by atoms with van der Waals surface area (Å²) >= 11 is 0. The number of unbranched alkanes of at least 4 members (excludes halogenated alkanes) is 1. The first-order valence-electron chi connectivity index (χ1n) is 7.94. The Morgan fingerprint density at radius 1 is 1.33 bits per heavy atom. The SMILES string of the molecule is CCCCC(NCCC)C1CN2CCCC2CO1. The normalized spacial score (nSPS) is 30.3. The van der Waals surface area contributed by atoms with Crippen LogP contribution < -0.4 is 5.32 Å². The molecular weight excluding hydrogens is 224 g/mol. The van der Waals surface area contributed by atoms with Crippen molar-refractivity contribution >= 4 is 0 Å². The van der Waals surface area contributed by atoms with E-state index in [4.69, 9.17) is 4.74 Å². The van der Waals surface area contributed by atoms with Crippen molar-refractivity contribution in [2.75, 3.05) is 26.2 Å². The molecule has 3 unspecified atom stereocenters. The summed E-state index contributed by atoms with van der Waals surface area (Å²) in [7, 11) is 0. The highest BCUT2D eigenvalue weighted by Gasteiger charge is 2.35. The molecular formula is C15H30N2O. The van der Waals surface area contributed by atoms with E-state index in [1.165, 1.54) is 45.1 Å². The lowest BCUT2D eigenvalue weighted by molar-refractivity contribution is -0.0658. The molecule has 0 saturated carbocycles. The van der Waals surface area contributed by atoms with Gasteiger partial charge in [0, 0.05) is 18.6 Å². The van der Waals surface area contributed by atoms with Gasteiger partial charge in [-0.25, -0.2) is 0 Å². The molecule has 2 rings (SSSR count). The van der Waals surface area contributed by atoms with Gasteiger partial charge < -0.3 is 10.1 Å². The van der Waals surface area contributed by atoms with Crippen molar-refractivity contribution in [3.8, 4) is 0 Å². The van der Waals surface area contributed by atoms with Crippen LogP contribution in [0.3, 0.4) is 0 Å². The van der Waals surface area contributed by atoms with Gasteiger partial charge in [-0.15, -0.1) is 0 Å². The number of fused-ring (bicyclic) bond motifs is 1. The fourth-order valence-electron chi connectivity index (χ4n) is 3.26. The van der Waals surface area contributed by atoms with E-state index in [0.29, 0.717) is 12.1 Å². The summed E-state index contributed by atoms with van der Waals surface area (Å²) in [5.41, 5.74) is 0. The number of nitrogens with zero attached hydrogens (tertiary/aromatic N) is 1. The Balaban J connectivity index is 1.84. The Hall–Kier alpha value is -0.120. The zero-order valence-corrected chi connectivity index (χ0v) is 12.2. The molecule has 0 aromatic rings. The Morgan fingerprint density at radius 2 is 2.22 bits per heavy atom. The third-order valence-corrected chi connectivity index (χ3v) is 4.39. The summed E-state index contributed by atoms with van der Waals surface area (Å²) in [5, 5.41) is 3.70. The second-order valence-electron chi connectivity index (χ2n) is 5.87. The average molecular weight is 254 g/mol. The Kier molecular flexibility index (Phi) is 5.93. The first-order valence-corrected chi connectivity index (χ1v) is 7.94. The minimum absolute atomic E-state index is 0.414.